The molecule has 104 valence electrons. The summed E-state index contributed by atoms with van der Waals surface area (Å²) in [5.41, 5.74) is 1.07. The van der Waals surface area contributed by atoms with Crippen molar-refractivity contribution in [1.29, 1.82) is 0 Å². The minimum atomic E-state index is -1.45. The van der Waals surface area contributed by atoms with Crippen LogP contribution in [0, 0.1) is 0 Å². The topological polar surface area (TPSA) is 112 Å². The lowest BCUT2D eigenvalue weighted by atomic mass is 10.2. The van der Waals surface area contributed by atoms with E-state index >= 15 is 0 Å². The number of urea groups is 1. The zero-order valence-corrected chi connectivity index (χ0v) is 10.4. The van der Waals surface area contributed by atoms with Gasteiger partial charge in [0.2, 0.25) is 0 Å². The second kappa shape index (κ2) is 8.04. The van der Waals surface area contributed by atoms with Crippen molar-refractivity contribution in [3.8, 4) is 0 Å². The van der Waals surface area contributed by atoms with Crippen molar-refractivity contribution < 1.29 is 19.8 Å². The fraction of sp³-hybridized carbons (Fsp3) is 0.417. The third-order valence-corrected chi connectivity index (χ3v) is 2.44. The molecule has 1 aromatic rings. The number of hydrogen-bond acceptors (Lipinski definition) is 4. The lowest BCUT2D eigenvalue weighted by Gasteiger charge is -2.08. The highest BCUT2D eigenvalue weighted by molar-refractivity contribution is 5.74. The Bertz CT molecular complexity index is 411. The van der Waals surface area contributed by atoms with Gasteiger partial charge in [-0.05, 0) is 24.1 Å². The number of carboxylic acid groups (broad SMARTS) is 1. The fourth-order valence-electron chi connectivity index (χ4n) is 1.38. The molecule has 0 fully saturated rings. The number of carbonyl (C=O) groups excluding carboxylic acids is 1. The molecular weight excluding hydrogens is 250 g/mol. The third kappa shape index (κ3) is 6.37. The Morgan fingerprint density at radius 3 is 2.47 bits per heavy atom. The van der Waals surface area contributed by atoms with Gasteiger partial charge in [0.15, 0.2) is 6.10 Å². The number of hydrogen-bond donors (Lipinski definition) is 4. The summed E-state index contributed by atoms with van der Waals surface area (Å²) in [6.45, 7) is 0.575. The van der Waals surface area contributed by atoms with E-state index in [1.807, 2.05) is 12.1 Å². The SMILES string of the molecule is O=C(NCCc1ccncc1)NCCC(O)C(=O)O. The molecule has 0 aliphatic carbocycles. The van der Waals surface area contributed by atoms with Gasteiger partial charge in [0.1, 0.15) is 0 Å². The number of aliphatic carboxylic acids is 1. The second-order valence-corrected chi connectivity index (χ2v) is 3.93. The normalized spacial score (nSPS) is 11.6. The second-order valence-electron chi connectivity index (χ2n) is 3.93. The maximum Gasteiger partial charge on any atom is 0.332 e. The van der Waals surface area contributed by atoms with Crippen molar-refractivity contribution in [2.75, 3.05) is 13.1 Å². The number of aliphatic hydroxyl groups is 1. The molecule has 0 saturated carbocycles. The Kier molecular flexibility index (Phi) is 6.31. The quantitative estimate of drug-likeness (QED) is 0.544. The summed E-state index contributed by atoms with van der Waals surface area (Å²) in [6.07, 6.45) is 2.59. The van der Waals surface area contributed by atoms with Crippen LogP contribution in [-0.4, -0.2) is 46.4 Å². The van der Waals surface area contributed by atoms with Gasteiger partial charge < -0.3 is 20.8 Å². The van der Waals surface area contributed by atoms with Crippen LogP contribution in [0.15, 0.2) is 24.5 Å². The zero-order chi connectivity index (χ0) is 14.1. The number of carbonyl (C=O) groups is 2. The first-order valence-corrected chi connectivity index (χ1v) is 5.91. The Morgan fingerprint density at radius 2 is 1.84 bits per heavy atom. The number of amides is 2. The fourth-order valence-corrected chi connectivity index (χ4v) is 1.38. The number of carboxylic acids is 1. The van der Waals surface area contributed by atoms with Gasteiger partial charge in [-0.2, -0.15) is 0 Å². The average Bonchev–Trinajstić information content (AvgIpc) is 2.39. The standard InChI is InChI=1S/C12H17N3O4/c16-10(11(17)18)4-8-15-12(19)14-7-3-9-1-5-13-6-2-9/h1-2,5-6,10,16H,3-4,7-8H2,(H,17,18)(H2,14,15,19). The van der Waals surface area contributed by atoms with Crippen LogP contribution in [0.2, 0.25) is 0 Å². The molecule has 4 N–H and O–H groups in total. The molecule has 0 bridgehead atoms. The summed E-state index contributed by atoms with van der Waals surface area (Å²) in [5.74, 6) is -1.29. The van der Waals surface area contributed by atoms with Gasteiger partial charge in [-0.25, -0.2) is 9.59 Å². The lowest BCUT2D eigenvalue weighted by Crippen LogP contribution is -2.38. The van der Waals surface area contributed by atoms with Crippen molar-refractivity contribution in [1.82, 2.24) is 15.6 Å². The number of aliphatic hydroxyl groups excluding tert-OH is 1. The maximum atomic E-state index is 11.3. The molecule has 0 aliphatic heterocycles. The van der Waals surface area contributed by atoms with Gasteiger partial charge >= 0.3 is 12.0 Å². The monoisotopic (exact) mass is 267 g/mol. The van der Waals surface area contributed by atoms with Crippen LogP contribution < -0.4 is 10.6 Å². The molecule has 1 aromatic heterocycles. The van der Waals surface area contributed by atoms with E-state index < -0.39 is 12.1 Å². The van der Waals surface area contributed by atoms with Crippen molar-refractivity contribution >= 4 is 12.0 Å². The highest BCUT2D eigenvalue weighted by Gasteiger charge is 2.12. The number of rotatable bonds is 7. The van der Waals surface area contributed by atoms with Crippen molar-refractivity contribution in [3.63, 3.8) is 0 Å². The Labute approximate surface area is 110 Å². The average molecular weight is 267 g/mol. The van der Waals surface area contributed by atoms with Gasteiger partial charge in [0.25, 0.3) is 0 Å². The molecule has 0 aromatic carbocycles. The summed E-state index contributed by atoms with van der Waals surface area (Å²) in [6, 6.07) is 3.35. The molecule has 0 spiro atoms. The molecular formula is C12H17N3O4. The number of nitrogens with one attached hydrogen (secondary N) is 2. The van der Waals surface area contributed by atoms with Crippen LogP contribution in [0.3, 0.4) is 0 Å². The number of aromatic nitrogens is 1. The van der Waals surface area contributed by atoms with Crippen molar-refractivity contribution in [2.24, 2.45) is 0 Å². The van der Waals surface area contributed by atoms with Gasteiger partial charge in [0.05, 0.1) is 0 Å². The molecule has 0 radical (unpaired) electrons. The number of pyridine rings is 1. The van der Waals surface area contributed by atoms with E-state index in [4.69, 9.17) is 10.2 Å². The molecule has 0 saturated heterocycles. The molecule has 19 heavy (non-hydrogen) atoms. The third-order valence-electron chi connectivity index (χ3n) is 2.44. The van der Waals surface area contributed by atoms with Crippen LogP contribution in [0.25, 0.3) is 0 Å². The molecule has 1 rings (SSSR count). The van der Waals surface area contributed by atoms with Crippen LogP contribution in [0.4, 0.5) is 4.79 Å². The van der Waals surface area contributed by atoms with E-state index in [0.717, 1.165) is 5.56 Å². The summed E-state index contributed by atoms with van der Waals surface area (Å²) in [5, 5.41) is 22.5. The Balaban J connectivity index is 2.10. The van der Waals surface area contributed by atoms with Gasteiger partial charge in [-0.15, -0.1) is 0 Å². The van der Waals surface area contributed by atoms with Crippen LogP contribution in [0.1, 0.15) is 12.0 Å². The number of nitrogens with zero attached hydrogens (tertiary/aromatic N) is 1. The zero-order valence-electron chi connectivity index (χ0n) is 10.4. The smallest absolute Gasteiger partial charge is 0.332 e. The van der Waals surface area contributed by atoms with E-state index in [0.29, 0.717) is 13.0 Å². The van der Waals surface area contributed by atoms with Gasteiger partial charge in [0, 0.05) is 31.9 Å². The molecule has 7 heteroatoms. The lowest BCUT2D eigenvalue weighted by molar-refractivity contribution is -0.146. The Hall–Kier alpha value is -2.15. The molecule has 1 unspecified atom stereocenters. The first kappa shape index (κ1) is 14.9. The largest absolute Gasteiger partial charge is 0.479 e. The molecule has 2 amide bonds. The highest BCUT2D eigenvalue weighted by Crippen LogP contribution is 1.95. The van der Waals surface area contributed by atoms with Crippen molar-refractivity contribution in [2.45, 2.75) is 18.9 Å². The summed E-state index contributed by atoms with van der Waals surface area (Å²) in [4.78, 5) is 25.5. The minimum absolute atomic E-state index is 0.0207. The van der Waals surface area contributed by atoms with Crippen LogP contribution in [0.5, 0.6) is 0 Å². The van der Waals surface area contributed by atoms with Crippen LogP contribution >= 0.6 is 0 Å². The van der Waals surface area contributed by atoms with E-state index in [9.17, 15) is 9.59 Å². The van der Waals surface area contributed by atoms with E-state index in [-0.39, 0.29) is 19.0 Å². The van der Waals surface area contributed by atoms with Gasteiger partial charge in [-0.3, -0.25) is 4.98 Å². The molecule has 7 nitrogen and oxygen atoms in total. The molecule has 1 heterocycles. The minimum Gasteiger partial charge on any atom is -0.479 e. The van der Waals surface area contributed by atoms with E-state index in [1.54, 1.807) is 12.4 Å². The van der Waals surface area contributed by atoms with Crippen LogP contribution in [-0.2, 0) is 11.2 Å². The van der Waals surface area contributed by atoms with E-state index in [2.05, 4.69) is 15.6 Å². The first-order valence-electron chi connectivity index (χ1n) is 5.91. The highest BCUT2D eigenvalue weighted by atomic mass is 16.4. The Morgan fingerprint density at radius 1 is 1.21 bits per heavy atom. The molecule has 1 atom stereocenters. The predicted molar refractivity (Wildman–Crippen MR) is 67.6 cm³/mol. The summed E-state index contributed by atoms with van der Waals surface area (Å²) >= 11 is 0. The molecule has 0 aliphatic rings. The summed E-state index contributed by atoms with van der Waals surface area (Å²) in [7, 11) is 0. The van der Waals surface area contributed by atoms with Crippen molar-refractivity contribution in [3.05, 3.63) is 30.1 Å². The van der Waals surface area contributed by atoms with Gasteiger partial charge in [-0.1, -0.05) is 0 Å². The summed E-state index contributed by atoms with van der Waals surface area (Å²) < 4.78 is 0. The predicted octanol–water partition coefficient (Wildman–Crippen LogP) is -0.241. The first-order chi connectivity index (χ1) is 9.09. The van der Waals surface area contributed by atoms with E-state index in [1.165, 1.54) is 0 Å². The maximum absolute atomic E-state index is 11.3.